The quantitative estimate of drug-likeness (QED) is 0.865. The fraction of sp³-hybridized carbons (Fsp3) is 0.684. The second-order valence-electron chi connectivity index (χ2n) is 6.77. The first-order chi connectivity index (χ1) is 11.7. The maximum Gasteiger partial charge on any atom is 0.124 e. The zero-order valence-electron chi connectivity index (χ0n) is 14.8. The van der Waals surface area contributed by atoms with Gasteiger partial charge in [-0.15, -0.1) is 0 Å². The third kappa shape index (κ3) is 3.59. The molecule has 2 atom stereocenters. The van der Waals surface area contributed by atoms with Crippen molar-refractivity contribution in [3.05, 3.63) is 29.3 Å². The van der Waals surface area contributed by atoms with Crippen LogP contribution in [-0.4, -0.2) is 55.1 Å². The van der Waals surface area contributed by atoms with E-state index < -0.39 is 0 Å². The van der Waals surface area contributed by atoms with Gasteiger partial charge in [-0.2, -0.15) is 0 Å². The summed E-state index contributed by atoms with van der Waals surface area (Å²) in [5.41, 5.74) is 1.91. The minimum atomic E-state index is -0.141. The summed E-state index contributed by atoms with van der Waals surface area (Å²) in [7, 11) is 1.80. The number of aliphatic hydroxyl groups excluding tert-OH is 1. The number of rotatable bonds is 6. The zero-order chi connectivity index (χ0) is 17.0. The van der Waals surface area contributed by atoms with E-state index in [1.54, 1.807) is 7.11 Å². The second-order valence-corrected chi connectivity index (χ2v) is 6.77. The SMILES string of the molecule is CCOc1ccc(CN2CC[C@H](OC)[C@]3(CCCO3)C2)cc1CO. The molecule has 24 heavy (non-hydrogen) atoms. The fourth-order valence-electron chi connectivity index (χ4n) is 4.10. The molecule has 1 aromatic rings. The molecule has 1 aromatic carbocycles. The van der Waals surface area contributed by atoms with Crippen LogP contribution in [0.3, 0.4) is 0 Å². The molecule has 2 aliphatic rings. The molecular formula is C19H29NO4. The second kappa shape index (κ2) is 7.83. The predicted molar refractivity (Wildman–Crippen MR) is 92.1 cm³/mol. The molecule has 5 nitrogen and oxygen atoms in total. The highest BCUT2D eigenvalue weighted by atomic mass is 16.6. The van der Waals surface area contributed by atoms with Crippen LogP contribution in [0.4, 0.5) is 0 Å². The van der Waals surface area contributed by atoms with E-state index >= 15 is 0 Å². The third-order valence-corrected chi connectivity index (χ3v) is 5.21. The van der Waals surface area contributed by atoms with Crippen LogP contribution in [0.1, 0.15) is 37.3 Å². The van der Waals surface area contributed by atoms with Gasteiger partial charge in [-0.1, -0.05) is 6.07 Å². The van der Waals surface area contributed by atoms with Crippen molar-refractivity contribution in [3.8, 4) is 5.75 Å². The molecule has 3 rings (SSSR count). The molecule has 0 radical (unpaired) electrons. The first kappa shape index (κ1) is 17.7. The Bertz CT molecular complexity index is 542. The van der Waals surface area contributed by atoms with Gasteiger partial charge in [0.2, 0.25) is 0 Å². The molecule has 0 bridgehead atoms. The number of ether oxygens (including phenoxy) is 3. The third-order valence-electron chi connectivity index (χ3n) is 5.21. The lowest BCUT2D eigenvalue weighted by atomic mass is 9.86. The molecule has 0 aromatic heterocycles. The van der Waals surface area contributed by atoms with Gasteiger partial charge in [-0.05, 0) is 43.9 Å². The normalized spacial score (nSPS) is 27.7. The first-order valence-corrected chi connectivity index (χ1v) is 8.95. The number of nitrogens with zero attached hydrogens (tertiary/aromatic N) is 1. The lowest BCUT2D eigenvalue weighted by Gasteiger charge is -2.44. The lowest BCUT2D eigenvalue weighted by molar-refractivity contribution is -0.145. The van der Waals surface area contributed by atoms with Gasteiger partial charge < -0.3 is 19.3 Å². The molecule has 1 N–H and O–H groups in total. The Morgan fingerprint density at radius 1 is 1.42 bits per heavy atom. The highest BCUT2D eigenvalue weighted by Crippen LogP contribution is 2.37. The van der Waals surface area contributed by atoms with Crippen LogP contribution in [-0.2, 0) is 22.6 Å². The van der Waals surface area contributed by atoms with E-state index in [1.165, 1.54) is 5.56 Å². The van der Waals surface area contributed by atoms with Crippen molar-refractivity contribution in [1.29, 1.82) is 0 Å². The van der Waals surface area contributed by atoms with Crippen LogP contribution in [0.5, 0.6) is 5.75 Å². The molecule has 0 amide bonds. The van der Waals surface area contributed by atoms with Crippen LogP contribution in [0.2, 0.25) is 0 Å². The molecule has 2 aliphatic heterocycles. The molecule has 0 aliphatic carbocycles. The molecular weight excluding hydrogens is 306 g/mol. The number of benzene rings is 1. The molecule has 0 unspecified atom stereocenters. The summed E-state index contributed by atoms with van der Waals surface area (Å²) < 4.78 is 17.4. The number of piperidine rings is 1. The summed E-state index contributed by atoms with van der Waals surface area (Å²) in [5, 5.41) is 9.58. The topological polar surface area (TPSA) is 51.2 Å². The van der Waals surface area contributed by atoms with Gasteiger partial charge in [0.1, 0.15) is 11.4 Å². The van der Waals surface area contributed by atoms with Gasteiger partial charge in [0, 0.05) is 38.9 Å². The summed E-state index contributed by atoms with van der Waals surface area (Å²) in [6, 6.07) is 6.11. The molecule has 2 heterocycles. The van der Waals surface area contributed by atoms with Crippen molar-refractivity contribution in [1.82, 2.24) is 4.90 Å². The van der Waals surface area contributed by atoms with Crippen LogP contribution >= 0.6 is 0 Å². The smallest absolute Gasteiger partial charge is 0.124 e. The average Bonchev–Trinajstić information content (AvgIpc) is 3.05. The van der Waals surface area contributed by atoms with Crippen molar-refractivity contribution in [2.75, 3.05) is 33.4 Å². The average molecular weight is 335 g/mol. The zero-order valence-corrected chi connectivity index (χ0v) is 14.8. The van der Waals surface area contributed by atoms with Crippen LogP contribution in [0, 0.1) is 0 Å². The summed E-state index contributed by atoms with van der Waals surface area (Å²) in [6.45, 7) is 6.18. The van der Waals surface area contributed by atoms with Crippen molar-refractivity contribution in [2.24, 2.45) is 0 Å². The Morgan fingerprint density at radius 2 is 2.29 bits per heavy atom. The van der Waals surface area contributed by atoms with Crippen molar-refractivity contribution >= 4 is 0 Å². The summed E-state index contributed by atoms with van der Waals surface area (Å²) in [5.74, 6) is 0.775. The Kier molecular flexibility index (Phi) is 5.76. The molecule has 5 heteroatoms. The van der Waals surface area contributed by atoms with Gasteiger partial charge in [0.05, 0.1) is 19.3 Å². The fourth-order valence-corrected chi connectivity index (χ4v) is 4.10. The number of hydrogen-bond acceptors (Lipinski definition) is 5. The van der Waals surface area contributed by atoms with E-state index in [-0.39, 0.29) is 18.3 Å². The number of likely N-dealkylation sites (tertiary alicyclic amines) is 1. The summed E-state index contributed by atoms with van der Waals surface area (Å²) in [6.07, 6.45) is 3.39. The van der Waals surface area contributed by atoms with Gasteiger partial charge in [-0.3, -0.25) is 4.90 Å². The summed E-state index contributed by atoms with van der Waals surface area (Å²) in [4.78, 5) is 2.44. The van der Waals surface area contributed by atoms with Crippen LogP contribution in [0.25, 0.3) is 0 Å². The maximum absolute atomic E-state index is 9.58. The van der Waals surface area contributed by atoms with Gasteiger partial charge in [0.15, 0.2) is 0 Å². The lowest BCUT2D eigenvalue weighted by Crippen LogP contribution is -2.56. The minimum absolute atomic E-state index is 0.00196. The van der Waals surface area contributed by atoms with Gasteiger partial charge in [-0.25, -0.2) is 0 Å². The van der Waals surface area contributed by atoms with Crippen LogP contribution < -0.4 is 4.74 Å². The molecule has 2 fully saturated rings. The number of methoxy groups -OCH3 is 1. The van der Waals surface area contributed by atoms with Gasteiger partial charge >= 0.3 is 0 Å². The Balaban J connectivity index is 1.70. The largest absolute Gasteiger partial charge is 0.494 e. The van der Waals surface area contributed by atoms with E-state index in [0.29, 0.717) is 6.61 Å². The van der Waals surface area contributed by atoms with E-state index in [0.717, 1.165) is 56.8 Å². The Labute approximate surface area is 144 Å². The molecule has 134 valence electrons. The molecule has 0 saturated carbocycles. The standard InChI is InChI=1S/C19H29NO4/c1-3-23-17-6-5-15(11-16(17)13-21)12-20-9-7-18(22-2)19(14-20)8-4-10-24-19/h5-6,11,18,21H,3-4,7-10,12-14H2,1-2H3/t18-,19-/m0/s1. The minimum Gasteiger partial charge on any atom is -0.494 e. The maximum atomic E-state index is 9.58. The molecule has 1 spiro atoms. The number of aliphatic hydroxyl groups is 1. The Hall–Kier alpha value is -1.14. The van der Waals surface area contributed by atoms with E-state index in [1.807, 2.05) is 13.0 Å². The van der Waals surface area contributed by atoms with Crippen molar-refractivity contribution in [3.63, 3.8) is 0 Å². The molecule has 2 saturated heterocycles. The highest BCUT2D eigenvalue weighted by Gasteiger charge is 2.47. The predicted octanol–water partition coefficient (Wildman–Crippen LogP) is 2.35. The van der Waals surface area contributed by atoms with Crippen molar-refractivity contribution in [2.45, 2.75) is 51.0 Å². The number of hydrogen-bond donors (Lipinski definition) is 1. The van der Waals surface area contributed by atoms with E-state index in [4.69, 9.17) is 14.2 Å². The van der Waals surface area contributed by atoms with E-state index in [2.05, 4.69) is 17.0 Å². The Morgan fingerprint density at radius 3 is 2.96 bits per heavy atom. The van der Waals surface area contributed by atoms with Crippen molar-refractivity contribution < 1.29 is 19.3 Å². The van der Waals surface area contributed by atoms with E-state index in [9.17, 15) is 5.11 Å². The monoisotopic (exact) mass is 335 g/mol. The first-order valence-electron chi connectivity index (χ1n) is 8.95. The van der Waals surface area contributed by atoms with Crippen LogP contribution in [0.15, 0.2) is 18.2 Å². The van der Waals surface area contributed by atoms with Gasteiger partial charge in [0.25, 0.3) is 0 Å². The summed E-state index contributed by atoms with van der Waals surface area (Å²) >= 11 is 0. The highest BCUT2D eigenvalue weighted by molar-refractivity contribution is 5.37.